The molecule has 0 unspecified atom stereocenters. The van der Waals surface area contributed by atoms with Gasteiger partial charge in [-0.1, -0.05) is 0 Å². The highest BCUT2D eigenvalue weighted by atomic mass is 32.2. The van der Waals surface area contributed by atoms with E-state index in [1.165, 1.54) is 13.1 Å². The molecule has 0 amide bonds. The summed E-state index contributed by atoms with van der Waals surface area (Å²) in [4.78, 5) is 6.50. The van der Waals surface area contributed by atoms with Crippen LogP contribution < -0.4 is 15.4 Å². The lowest BCUT2D eigenvalue weighted by molar-refractivity contribution is 0.554. The standard InChI is InChI=1S/C13H17N5O2S/c1-15-21(19,20)12-8-10(14)2-3-11(12)18-7-6-17-5-4-16-13(17)9-18/h2-5,8,15H,6-7,9,14H2,1H3. The fourth-order valence-electron chi connectivity index (χ4n) is 2.50. The first-order valence-electron chi connectivity index (χ1n) is 6.59. The Labute approximate surface area is 123 Å². The second-order valence-corrected chi connectivity index (χ2v) is 6.75. The van der Waals surface area contributed by atoms with Gasteiger partial charge in [-0.3, -0.25) is 0 Å². The third-order valence-corrected chi connectivity index (χ3v) is 5.07. The van der Waals surface area contributed by atoms with Crippen LogP contribution in [0.2, 0.25) is 0 Å². The third-order valence-electron chi connectivity index (χ3n) is 3.63. The molecule has 1 aliphatic heterocycles. The Hall–Kier alpha value is -2.06. The molecule has 0 atom stereocenters. The number of anilines is 2. The van der Waals surface area contributed by atoms with Crippen molar-refractivity contribution in [3.8, 4) is 0 Å². The summed E-state index contributed by atoms with van der Waals surface area (Å²) in [6.07, 6.45) is 3.69. The van der Waals surface area contributed by atoms with Gasteiger partial charge in [-0.15, -0.1) is 0 Å². The maximum Gasteiger partial charge on any atom is 0.242 e. The molecule has 8 heteroatoms. The van der Waals surface area contributed by atoms with Crippen molar-refractivity contribution in [2.24, 2.45) is 0 Å². The normalized spacial score (nSPS) is 15.0. The van der Waals surface area contributed by atoms with Crippen LogP contribution in [0.4, 0.5) is 11.4 Å². The van der Waals surface area contributed by atoms with Gasteiger partial charge < -0.3 is 15.2 Å². The zero-order valence-corrected chi connectivity index (χ0v) is 12.5. The number of nitrogens with two attached hydrogens (primary N) is 1. The third kappa shape index (κ3) is 2.47. The Morgan fingerprint density at radius 2 is 2.14 bits per heavy atom. The number of nitrogens with zero attached hydrogens (tertiary/aromatic N) is 3. The number of aromatic nitrogens is 2. The Morgan fingerprint density at radius 3 is 2.90 bits per heavy atom. The van der Waals surface area contributed by atoms with Crippen LogP contribution in [-0.2, 0) is 23.1 Å². The van der Waals surface area contributed by atoms with Gasteiger partial charge in [-0.25, -0.2) is 18.1 Å². The van der Waals surface area contributed by atoms with Crippen LogP contribution in [0.1, 0.15) is 5.82 Å². The highest BCUT2D eigenvalue weighted by Gasteiger charge is 2.24. The molecule has 0 aliphatic carbocycles. The molecule has 1 aromatic heterocycles. The molecule has 0 radical (unpaired) electrons. The Bertz CT molecular complexity index is 769. The van der Waals surface area contributed by atoms with Crippen molar-refractivity contribution in [3.05, 3.63) is 36.4 Å². The molecule has 1 aromatic carbocycles. The summed E-state index contributed by atoms with van der Waals surface area (Å²) in [6.45, 7) is 2.07. The molecule has 112 valence electrons. The number of nitrogen functional groups attached to an aromatic ring is 1. The minimum Gasteiger partial charge on any atom is -0.399 e. The molecule has 3 rings (SSSR count). The van der Waals surface area contributed by atoms with Crippen molar-refractivity contribution in [2.45, 2.75) is 18.0 Å². The van der Waals surface area contributed by atoms with Gasteiger partial charge in [0.25, 0.3) is 0 Å². The second-order valence-electron chi connectivity index (χ2n) is 4.89. The fraction of sp³-hybridized carbons (Fsp3) is 0.308. The van der Waals surface area contributed by atoms with E-state index in [1.54, 1.807) is 18.3 Å². The molecular formula is C13H17N5O2S. The van der Waals surface area contributed by atoms with E-state index in [-0.39, 0.29) is 4.90 Å². The molecule has 0 spiro atoms. The van der Waals surface area contributed by atoms with Crippen LogP contribution in [0.25, 0.3) is 0 Å². The lowest BCUT2D eigenvalue weighted by Gasteiger charge is -2.31. The van der Waals surface area contributed by atoms with Gasteiger partial charge in [0.15, 0.2) is 0 Å². The average molecular weight is 307 g/mol. The number of nitrogens with one attached hydrogen (secondary N) is 1. The molecular weight excluding hydrogens is 290 g/mol. The van der Waals surface area contributed by atoms with E-state index in [9.17, 15) is 8.42 Å². The Balaban J connectivity index is 2.04. The molecule has 0 fully saturated rings. The van der Waals surface area contributed by atoms with Crippen LogP contribution in [0.5, 0.6) is 0 Å². The molecule has 0 bridgehead atoms. The van der Waals surface area contributed by atoms with Crippen molar-refractivity contribution in [1.82, 2.24) is 14.3 Å². The average Bonchev–Trinajstić information content (AvgIpc) is 2.94. The zero-order valence-electron chi connectivity index (χ0n) is 11.7. The summed E-state index contributed by atoms with van der Waals surface area (Å²) in [5.41, 5.74) is 6.81. The maximum absolute atomic E-state index is 12.2. The van der Waals surface area contributed by atoms with E-state index >= 15 is 0 Å². The van der Waals surface area contributed by atoms with Crippen molar-refractivity contribution in [3.63, 3.8) is 0 Å². The first kappa shape index (κ1) is 13.9. The SMILES string of the molecule is CNS(=O)(=O)c1cc(N)ccc1N1CCn2ccnc2C1. The van der Waals surface area contributed by atoms with E-state index in [4.69, 9.17) is 5.73 Å². The largest absolute Gasteiger partial charge is 0.399 e. The number of sulfonamides is 1. The number of benzene rings is 1. The zero-order chi connectivity index (χ0) is 15.0. The Kier molecular flexibility index (Phi) is 3.34. The molecule has 0 saturated carbocycles. The number of hydrogen-bond acceptors (Lipinski definition) is 5. The lowest BCUT2D eigenvalue weighted by atomic mass is 10.2. The first-order chi connectivity index (χ1) is 10.0. The lowest BCUT2D eigenvalue weighted by Crippen LogP contribution is -2.35. The number of hydrogen-bond donors (Lipinski definition) is 2. The van der Waals surface area contributed by atoms with Gasteiger partial charge in [0.05, 0.1) is 12.2 Å². The van der Waals surface area contributed by atoms with Crippen molar-refractivity contribution < 1.29 is 8.42 Å². The minimum atomic E-state index is -3.56. The van der Waals surface area contributed by atoms with Gasteiger partial charge in [0, 0.05) is 31.2 Å². The van der Waals surface area contributed by atoms with Crippen LogP contribution in [0.3, 0.4) is 0 Å². The van der Waals surface area contributed by atoms with Crippen LogP contribution in [-0.4, -0.2) is 31.6 Å². The summed E-state index contributed by atoms with van der Waals surface area (Å²) in [7, 11) is -2.17. The number of fused-ring (bicyclic) bond motifs is 1. The van der Waals surface area contributed by atoms with Crippen molar-refractivity contribution in [2.75, 3.05) is 24.2 Å². The first-order valence-corrected chi connectivity index (χ1v) is 8.07. The molecule has 0 saturated heterocycles. The quantitative estimate of drug-likeness (QED) is 0.800. The Morgan fingerprint density at radius 1 is 1.33 bits per heavy atom. The summed E-state index contributed by atoms with van der Waals surface area (Å²) >= 11 is 0. The second kappa shape index (κ2) is 5.05. The molecule has 21 heavy (non-hydrogen) atoms. The predicted molar refractivity (Wildman–Crippen MR) is 80.4 cm³/mol. The van der Waals surface area contributed by atoms with E-state index in [2.05, 4.69) is 14.3 Å². The smallest absolute Gasteiger partial charge is 0.242 e. The summed E-state index contributed by atoms with van der Waals surface area (Å²) in [5, 5.41) is 0. The monoisotopic (exact) mass is 307 g/mol. The minimum absolute atomic E-state index is 0.199. The predicted octanol–water partition coefficient (Wildman–Crippen LogP) is 0.394. The van der Waals surface area contributed by atoms with Gasteiger partial charge in [0.2, 0.25) is 10.0 Å². The van der Waals surface area contributed by atoms with Crippen LogP contribution >= 0.6 is 0 Å². The van der Waals surface area contributed by atoms with Gasteiger partial charge in [-0.2, -0.15) is 0 Å². The molecule has 2 heterocycles. The molecule has 7 nitrogen and oxygen atoms in total. The van der Waals surface area contributed by atoms with E-state index in [0.717, 1.165) is 18.9 Å². The van der Waals surface area contributed by atoms with E-state index < -0.39 is 10.0 Å². The fourth-order valence-corrected chi connectivity index (χ4v) is 3.48. The highest BCUT2D eigenvalue weighted by Crippen LogP contribution is 2.29. The maximum atomic E-state index is 12.2. The number of rotatable bonds is 3. The van der Waals surface area contributed by atoms with Crippen molar-refractivity contribution in [1.29, 1.82) is 0 Å². The highest BCUT2D eigenvalue weighted by molar-refractivity contribution is 7.89. The van der Waals surface area contributed by atoms with Crippen LogP contribution in [0, 0.1) is 0 Å². The summed E-state index contributed by atoms with van der Waals surface area (Å²) in [5.74, 6) is 0.922. The van der Waals surface area contributed by atoms with E-state index in [0.29, 0.717) is 17.9 Å². The topological polar surface area (TPSA) is 93.2 Å². The summed E-state index contributed by atoms with van der Waals surface area (Å²) < 4.78 is 28.8. The van der Waals surface area contributed by atoms with E-state index in [1.807, 2.05) is 11.1 Å². The summed E-state index contributed by atoms with van der Waals surface area (Å²) in [6, 6.07) is 4.95. The van der Waals surface area contributed by atoms with Gasteiger partial charge >= 0.3 is 0 Å². The van der Waals surface area contributed by atoms with Gasteiger partial charge in [0.1, 0.15) is 10.7 Å². The van der Waals surface area contributed by atoms with Crippen molar-refractivity contribution >= 4 is 21.4 Å². The molecule has 2 aromatic rings. The number of imidazole rings is 1. The van der Waals surface area contributed by atoms with Gasteiger partial charge in [-0.05, 0) is 25.2 Å². The van der Waals surface area contributed by atoms with Crippen LogP contribution in [0.15, 0.2) is 35.5 Å². The molecule has 3 N–H and O–H groups in total. The molecule has 1 aliphatic rings.